The highest BCUT2D eigenvalue weighted by atomic mass is 35.5. The predicted molar refractivity (Wildman–Crippen MR) is 139 cm³/mol. The Balaban J connectivity index is 1.44. The van der Waals surface area contributed by atoms with Crippen molar-refractivity contribution in [1.29, 1.82) is 0 Å². The normalized spacial score (nSPS) is 14.7. The third-order valence-corrected chi connectivity index (χ3v) is 7.21. The number of esters is 1. The van der Waals surface area contributed by atoms with Gasteiger partial charge in [0.25, 0.3) is 0 Å². The standard InChI is InChI=1S/C27H32Cl2N2O5/c1-35-21-7-3-19(4-8-21)16-24(27(34)36-2)30-25(32)17-20-11-13-31(14-12-20)26(33)10-6-18-5-9-22(28)23(29)15-18/h3-5,7-9,15,20,24H,6,10-14,16-17H2,1-2H3,(H,30,32). The molecule has 1 heterocycles. The molecule has 0 aliphatic carbocycles. The Kier molecular flexibility index (Phi) is 10.4. The molecule has 1 saturated heterocycles. The number of amides is 2. The highest BCUT2D eigenvalue weighted by Crippen LogP contribution is 2.24. The van der Waals surface area contributed by atoms with Crippen LogP contribution >= 0.6 is 23.2 Å². The zero-order valence-electron chi connectivity index (χ0n) is 20.6. The highest BCUT2D eigenvalue weighted by Gasteiger charge is 2.27. The van der Waals surface area contributed by atoms with Gasteiger partial charge in [0.15, 0.2) is 0 Å². The molecule has 194 valence electrons. The zero-order chi connectivity index (χ0) is 26.1. The molecule has 1 aliphatic rings. The Morgan fingerprint density at radius 2 is 1.67 bits per heavy atom. The first kappa shape index (κ1) is 27.8. The van der Waals surface area contributed by atoms with Gasteiger partial charge in [0.1, 0.15) is 11.8 Å². The van der Waals surface area contributed by atoms with E-state index >= 15 is 0 Å². The van der Waals surface area contributed by atoms with Crippen LogP contribution < -0.4 is 10.1 Å². The number of piperidine rings is 1. The van der Waals surface area contributed by atoms with Gasteiger partial charge in [-0.3, -0.25) is 9.59 Å². The molecule has 0 spiro atoms. The van der Waals surface area contributed by atoms with E-state index in [1.807, 2.05) is 35.2 Å². The number of rotatable bonds is 10. The second-order valence-corrected chi connectivity index (χ2v) is 9.79. The average molecular weight is 535 g/mol. The van der Waals surface area contributed by atoms with Crippen molar-refractivity contribution < 1.29 is 23.9 Å². The Morgan fingerprint density at radius 1 is 1.00 bits per heavy atom. The minimum absolute atomic E-state index is 0.0919. The molecule has 0 saturated carbocycles. The van der Waals surface area contributed by atoms with Crippen molar-refractivity contribution >= 4 is 41.0 Å². The lowest BCUT2D eigenvalue weighted by molar-refractivity contribution is -0.145. The van der Waals surface area contributed by atoms with E-state index in [1.165, 1.54) is 7.11 Å². The van der Waals surface area contributed by atoms with Crippen molar-refractivity contribution in [2.75, 3.05) is 27.3 Å². The van der Waals surface area contributed by atoms with Crippen LogP contribution in [0.2, 0.25) is 10.0 Å². The van der Waals surface area contributed by atoms with E-state index in [0.29, 0.717) is 48.8 Å². The number of carbonyl (C=O) groups excluding carboxylic acids is 3. The summed E-state index contributed by atoms with van der Waals surface area (Å²) >= 11 is 12.0. The third kappa shape index (κ3) is 8.14. The summed E-state index contributed by atoms with van der Waals surface area (Å²) in [6.45, 7) is 1.23. The monoisotopic (exact) mass is 534 g/mol. The van der Waals surface area contributed by atoms with Gasteiger partial charge < -0.3 is 19.7 Å². The van der Waals surface area contributed by atoms with Gasteiger partial charge in [-0.15, -0.1) is 0 Å². The molecule has 2 aromatic carbocycles. The Labute approximate surface area is 222 Å². The van der Waals surface area contributed by atoms with Gasteiger partial charge in [-0.25, -0.2) is 4.79 Å². The number of aryl methyl sites for hydroxylation is 1. The maximum atomic E-state index is 12.7. The molecule has 0 radical (unpaired) electrons. The second kappa shape index (κ2) is 13.5. The highest BCUT2D eigenvalue weighted by molar-refractivity contribution is 6.42. The number of benzene rings is 2. The topological polar surface area (TPSA) is 84.9 Å². The molecule has 0 aromatic heterocycles. The number of methoxy groups -OCH3 is 2. The number of nitrogens with one attached hydrogen (secondary N) is 1. The summed E-state index contributed by atoms with van der Waals surface area (Å²) in [7, 11) is 2.90. The minimum Gasteiger partial charge on any atom is -0.497 e. The van der Waals surface area contributed by atoms with E-state index in [9.17, 15) is 14.4 Å². The van der Waals surface area contributed by atoms with E-state index in [-0.39, 0.29) is 17.7 Å². The molecule has 36 heavy (non-hydrogen) atoms. The van der Waals surface area contributed by atoms with Gasteiger partial charge in [-0.1, -0.05) is 41.4 Å². The molecule has 1 N–H and O–H groups in total. The lowest BCUT2D eigenvalue weighted by atomic mass is 9.92. The minimum atomic E-state index is -0.765. The van der Waals surface area contributed by atoms with E-state index in [4.69, 9.17) is 32.7 Å². The van der Waals surface area contributed by atoms with Gasteiger partial charge in [0.2, 0.25) is 11.8 Å². The lowest BCUT2D eigenvalue weighted by Crippen LogP contribution is -2.44. The summed E-state index contributed by atoms with van der Waals surface area (Å²) in [4.78, 5) is 39.5. The van der Waals surface area contributed by atoms with Gasteiger partial charge >= 0.3 is 5.97 Å². The van der Waals surface area contributed by atoms with Crippen LogP contribution in [-0.4, -0.2) is 56.0 Å². The van der Waals surface area contributed by atoms with Crippen LogP contribution in [0.25, 0.3) is 0 Å². The zero-order valence-corrected chi connectivity index (χ0v) is 22.1. The smallest absolute Gasteiger partial charge is 0.328 e. The first-order valence-corrected chi connectivity index (χ1v) is 12.8. The third-order valence-electron chi connectivity index (χ3n) is 6.47. The van der Waals surface area contributed by atoms with Crippen molar-refractivity contribution in [1.82, 2.24) is 10.2 Å². The molecule has 0 bridgehead atoms. The average Bonchev–Trinajstić information content (AvgIpc) is 2.89. The van der Waals surface area contributed by atoms with Crippen LogP contribution in [0.5, 0.6) is 5.75 Å². The van der Waals surface area contributed by atoms with Crippen molar-refractivity contribution in [3.8, 4) is 5.75 Å². The molecule has 1 fully saturated rings. The van der Waals surface area contributed by atoms with Crippen LogP contribution in [0.15, 0.2) is 42.5 Å². The van der Waals surface area contributed by atoms with E-state index in [1.54, 1.807) is 19.2 Å². The molecule has 2 amide bonds. The second-order valence-electron chi connectivity index (χ2n) is 8.97. The van der Waals surface area contributed by atoms with Crippen LogP contribution in [0.3, 0.4) is 0 Å². The van der Waals surface area contributed by atoms with E-state index in [0.717, 1.165) is 29.7 Å². The van der Waals surface area contributed by atoms with Gasteiger partial charge in [0.05, 0.1) is 24.3 Å². The van der Waals surface area contributed by atoms with Gasteiger partial charge in [-0.05, 0) is 60.6 Å². The van der Waals surface area contributed by atoms with Crippen LogP contribution in [-0.2, 0) is 32.0 Å². The molecular weight excluding hydrogens is 503 g/mol. The predicted octanol–water partition coefficient (Wildman–Crippen LogP) is 4.46. The fraction of sp³-hybridized carbons (Fsp3) is 0.444. The van der Waals surface area contributed by atoms with E-state index < -0.39 is 12.0 Å². The van der Waals surface area contributed by atoms with Crippen molar-refractivity contribution in [2.24, 2.45) is 5.92 Å². The molecular formula is C27H32Cl2N2O5. The summed E-state index contributed by atoms with van der Waals surface area (Å²) in [5.41, 5.74) is 1.86. The largest absolute Gasteiger partial charge is 0.497 e. The number of carbonyl (C=O) groups is 3. The van der Waals surface area contributed by atoms with Crippen molar-refractivity contribution in [3.05, 3.63) is 63.6 Å². The number of ether oxygens (including phenoxy) is 2. The summed E-state index contributed by atoms with van der Waals surface area (Å²) in [5.74, 6) is 0.291. The summed E-state index contributed by atoms with van der Waals surface area (Å²) < 4.78 is 10.1. The first-order chi connectivity index (χ1) is 17.3. The Morgan fingerprint density at radius 3 is 2.28 bits per heavy atom. The number of halogens is 2. The molecule has 1 atom stereocenters. The quantitative estimate of drug-likeness (QED) is 0.454. The SMILES string of the molecule is COC(=O)C(Cc1ccc(OC)cc1)NC(=O)CC1CCN(C(=O)CCc2ccc(Cl)c(Cl)c2)CC1. The van der Waals surface area contributed by atoms with Crippen LogP contribution in [0.4, 0.5) is 0 Å². The number of hydrogen-bond acceptors (Lipinski definition) is 5. The molecule has 3 rings (SSSR count). The maximum absolute atomic E-state index is 12.7. The fourth-order valence-electron chi connectivity index (χ4n) is 4.34. The van der Waals surface area contributed by atoms with Crippen LogP contribution in [0.1, 0.15) is 36.8 Å². The maximum Gasteiger partial charge on any atom is 0.328 e. The fourth-order valence-corrected chi connectivity index (χ4v) is 4.66. The summed E-state index contributed by atoms with van der Waals surface area (Å²) in [6, 6.07) is 12.0. The molecule has 9 heteroatoms. The van der Waals surface area contributed by atoms with Crippen molar-refractivity contribution in [3.63, 3.8) is 0 Å². The molecule has 1 aliphatic heterocycles. The van der Waals surface area contributed by atoms with Gasteiger partial charge in [0, 0.05) is 32.4 Å². The van der Waals surface area contributed by atoms with Crippen molar-refractivity contribution in [2.45, 2.75) is 44.6 Å². The number of hydrogen-bond donors (Lipinski definition) is 1. The number of likely N-dealkylation sites (tertiary alicyclic amines) is 1. The molecule has 7 nitrogen and oxygen atoms in total. The number of nitrogens with zero attached hydrogens (tertiary/aromatic N) is 1. The molecule has 2 aromatic rings. The summed E-state index contributed by atoms with van der Waals surface area (Å²) in [6.07, 6.45) is 3.12. The lowest BCUT2D eigenvalue weighted by Gasteiger charge is -2.32. The summed E-state index contributed by atoms with van der Waals surface area (Å²) in [5, 5.41) is 3.81. The Hall–Kier alpha value is -2.77. The Bertz CT molecular complexity index is 1050. The van der Waals surface area contributed by atoms with Gasteiger partial charge in [-0.2, -0.15) is 0 Å². The first-order valence-electron chi connectivity index (χ1n) is 12.0. The van der Waals surface area contributed by atoms with Crippen LogP contribution in [0, 0.1) is 5.92 Å². The van der Waals surface area contributed by atoms with E-state index in [2.05, 4.69) is 5.32 Å². The molecule has 1 unspecified atom stereocenters.